The van der Waals surface area contributed by atoms with Gasteiger partial charge < -0.3 is 4.98 Å². The molecule has 0 saturated carbocycles. The van der Waals surface area contributed by atoms with Gasteiger partial charge in [-0.1, -0.05) is 0 Å². The molecule has 3 rings (SSSR count). The van der Waals surface area contributed by atoms with Crippen molar-refractivity contribution in [3.63, 3.8) is 0 Å². The van der Waals surface area contributed by atoms with Crippen molar-refractivity contribution in [2.45, 2.75) is 18.9 Å². The first-order chi connectivity index (χ1) is 8.65. The Morgan fingerprint density at radius 3 is 2.94 bits per heavy atom. The second-order valence-electron chi connectivity index (χ2n) is 4.89. The number of rotatable bonds is 2. The van der Waals surface area contributed by atoms with Crippen molar-refractivity contribution >= 4 is 16.6 Å². The lowest BCUT2D eigenvalue weighted by molar-refractivity contribution is -0.384. The zero-order valence-corrected chi connectivity index (χ0v) is 10.2. The Kier molecular flexibility index (Phi) is 2.56. The smallest absolute Gasteiger partial charge is 0.271 e. The van der Waals surface area contributed by atoms with Crippen LogP contribution < -0.4 is 0 Å². The lowest BCUT2D eigenvalue weighted by Crippen LogP contribution is -2.17. The summed E-state index contributed by atoms with van der Waals surface area (Å²) in [5.41, 5.74) is 2.14. The molecule has 18 heavy (non-hydrogen) atoms. The Hall–Kier alpha value is -1.88. The van der Waals surface area contributed by atoms with Crippen LogP contribution >= 0.6 is 0 Å². The van der Waals surface area contributed by atoms with Gasteiger partial charge in [-0.25, -0.2) is 0 Å². The summed E-state index contributed by atoms with van der Waals surface area (Å²) in [4.78, 5) is 16.0. The largest absolute Gasteiger partial charge is 0.357 e. The first-order valence-corrected chi connectivity index (χ1v) is 6.12. The molecule has 0 radical (unpaired) electrons. The summed E-state index contributed by atoms with van der Waals surface area (Å²) in [6.45, 7) is 1.11. The molecule has 1 atom stereocenters. The molecule has 2 heterocycles. The third-order valence-electron chi connectivity index (χ3n) is 3.72. The van der Waals surface area contributed by atoms with E-state index in [2.05, 4.69) is 23.0 Å². The average molecular weight is 245 g/mol. The van der Waals surface area contributed by atoms with Crippen molar-refractivity contribution in [2.24, 2.45) is 0 Å². The lowest BCUT2D eigenvalue weighted by Gasteiger charge is -2.17. The van der Waals surface area contributed by atoms with Crippen LogP contribution in [-0.2, 0) is 0 Å². The molecule has 1 saturated heterocycles. The summed E-state index contributed by atoms with van der Waals surface area (Å²) in [5.74, 6) is 0. The van der Waals surface area contributed by atoms with E-state index in [0.29, 0.717) is 6.04 Å². The first-order valence-electron chi connectivity index (χ1n) is 6.12. The summed E-state index contributed by atoms with van der Waals surface area (Å²) >= 11 is 0. The predicted octanol–water partition coefficient (Wildman–Crippen LogP) is 2.84. The van der Waals surface area contributed by atoms with E-state index in [0.717, 1.165) is 29.6 Å². The molecule has 1 aliphatic rings. The van der Waals surface area contributed by atoms with Gasteiger partial charge in [-0.15, -0.1) is 0 Å². The summed E-state index contributed by atoms with van der Waals surface area (Å²) < 4.78 is 0. The number of nitro benzene ring substituents is 1. The molecule has 94 valence electrons. The maximum absolute atomic E-state index is 10.7. The number of aromatic nitrogens is 1. The predicted molar refractivity (Wildman–Crippen MR) is 69.6 cm³/mol. The Balaban J connectivity index is 2.02. The minimum atomic E-state index is -0.359. The minimum Gasteiger partial charge on any atom is -0.357 e. The molecule has 1 aromatic heterocycles. The van der Waals surface area contributed by atoms with Gasteiger partial charge in [0.2, 0.25) is 0 Å². The van der Waals surface area contributed by atoms with Crippen molar-refractivity contribution in [1.29, 1.82) is 0 Å². The second kappa shape index (κ2) is 4.10. The van der Waals surface area contributed by atoms with Gasteiger partial charge in [0.05, 0.1) is 10.4 Å². The molecule has 0 spiro atoms. The second-order valence-corrected chi connectivity index (χ2v) is 4.89. The summed E-state index contributed by atoms with van der Waals surface area (Å²) in [6.07, 6.45) is 2.35. The third kappa shape index (κ3) is 1.76. The highest BCUT2D eigenvalue weighted by molar-refractivity contribution is 5.82. The maximum atomic E-state index is 10.7. The van der Waals surface area contributed by atoms with E-state index in [-0.39, 0.29) is 10.6 Å². The van der Waals surface area contributed by atoms with Crippen LogP contribution in [0.4, 0.5) is 5.69 Å². The fourth-order valence-corrected chi connectivity index (χ4v) is 2.73. The summed E-state index contributed by atoms with van der Waals surface area (Å²) in [7, 11) is 2.12. The van der Waals surface area contributed by atoms with Crippen molar-refractivity contribution in [3.8, 4) is 0 Å². The quantitative estimate of drug-likeness (QED) is 0.653. The lowest BCUT2D eigenvalue weighted by atomic mass is 10.1. The number of H-pyrrole nitrogens is 1. The van der Waals surface area contributed by atoms with Crippen LogP contribution in [0.5, 0.6) is 0 Å². The Labute approximate surface area is 105 Å². The molecule has 5 heteroatoms. The molecule has 1 aromatic carbocycles. The molecule has 1 aliphatic heterocycles. The van der Waals surface area contributed by atoms with Crippen LogP contribution in [0.15, 0.2) is 24.3 Å². The molecule has 1 fully saturated rings. The van der Waals surface area contributed by atoms with Crippen LogP contribution in [0.3, 0.4) is 0 Å². The molecule has 0 bridgehead atoms. The number of non-ortho nitro benzene ring substituents is 1. The number of benzene rings is 1. The van der Waals surface area contributed by atoms with E-state index in [4.69, 9.17) is 0 Å². The maximum Gasteiger partial charge on any atom is 0.271 e. The standard InChI is InChI=1S/C13H15N3O2/c1-15-6-2-3-13(15)12-7-9-4-5-10(16(17)18)8-11(9)14-12/h4-5,7-8,13-14H,2-3,6H2,1H3/t13-/m1/s1. The number of hydrogen-bond acceptors (Lipinski definition) is 3. The highest BCUT2D eigenvalue weighted by Gasteiger charge is 2.24. The number of nitrogens with zero attached hydrogens (tertiary/aromatic N) is 2. The first kappa shape index (κ1) is 11.2. The number of likely N-dealkylation sites (tertiary alicyclic amines) is 1. The highest BCUT2D eigenvalue weighted by atomic mass is 16.6. The van der Waals surface area contributed by atoms with Gasteiger partial charge in [0.15, 0.2) is 0 Å². The summed E-state index contributed by atoms with van der Waals surface area (Å²) in [6, 6.07) is 7.48. The van der Waals surface area contributed by atoms with Crippen LogP contribution in [0.1, 0.15) is 24.6 Å². The minimum absolute atomic E-state index is 0.135. The van der Waals surface area contributed by atoms with E-state index in [1.54, 1.807) is 12.1 Å². The zero-order chi connectivity index (χ0) is 12.7. The van der Waals surface area contributed by atoms with Gasteiger partial charge in [-0.3, -0.25) is 15.0 Å². The van der Waals surface area contributed by atoms with E-state index >= 15 is 0 Å². The fraction of sp³-hybridized carbons (Fsp3) is 0.385. The Morgan fingerprint density at radius 2 is 2.28 bits per heavy atom. The molecular weight excluding hydrogens is 230 g/mol. The monoisotopic (exact) mass is 245 g/mol. The van der Waals surface area contributed by atoms with Gasteiger partial charge in [0, 0.05) is 29.3 Å². The number of hydrogen-bond donors (Lipinski definition) is 1. The van der Waals surface area contributed by atoms with Crippen molar-refractivity contribution < 1.29 is 4.92 Å². The van der Waals surface area contributed by atoms with Crippen molar-refractivity contribution in [3.05, 3.63) is 40.1 Å². The SMILES string of the molecule is CN1CCC[C@@H]1c1cc2ccc([N+](=O)[O-])cc2[nH]1. The zero-order valence-electron chi connectivity index (χ0n) is 10.2. The van der Waals surface area contributed by atoms with Crippen molar-refractivity contribution in [2.75, 3.05) is 13.6 Å². The normalized spacial score (nSPS) is 20.6. The van der Waals surface area contributed by atoms with Crippen LogP contribution in [0.25, 0.3) is 10.9 Å². The average Bonchev–Trinajstić information content (AvgIpc) is 2.92. The molecule has 1 N–H and O–H groups in total. The Bertz CT molecular complexity index is 605. The van der Waals surface area contributed by atoms with Crippen LogP contribution in [0, 0.1) is 10.1 Å². The van der Waals surface area contributed by atoms with Gasteiger partial charge in [0.25, 0.3) is 5.69 Å². The van der Waals surface area contributed by atoms with Gasteiger partial charge in [-0.2, -0.15) is 0 Å². The number of aromatic amines is 1. The molecule has 2 aromatic rings. The van der Waals surface area contributed by atoms with Gasteiger partial charge in [-0.05, 0) is 38.6 Å². The molecular formula is C13H15N3O2. The van der Waals surface area contributed by atoms with Crippen molar-refractivity contribution in [1.82, 2.24) is 9.88 Å². The highest BCUT2D eigenvalue weighted by Crippen LogP contribution is 2.32. The number of nitrogens with one attached hydrogen (secondary N) is 1. The third-order valence-corrected chi connectivity index (χ3v) is 3.72. The molecule has 0 unspecified atom stereocenters. The fourth-order valence-electron chi connectivity index (χ4n) is 2.73. The summed E-state index contributed by atoms with van der Waals surface area (Å²) in [5, 5.41) is 11.8. The van der Waals surface area contributed by atoms with Gasteiger partial charge in [0.1, 0.15) is 0 Å². The van der Waals surface area contributed by atoms with Crippen LogP contribution in [-0.4, -0.2) is 28.4 Å². The van der Waals surface area contributed by atoms with E-state index < -0.39 is 0 Å². The van der Waals surface area contributed by atoms with E-state index in [1.807, 2.05) is 6.07 Å². The number of nitro groups is 1. The topological polar surface area (TPSA) is 62.2 Å². The molecule has 0 aliphatic carbocycles. The number of fused-ring (bicyclic) bond motifs is 1. The molecule has 0 amide bonds. The molecule has 5 nitrogen and oxygen atoms in total. The van der Waals surface area contributed by atoms with Crippen LogP contribution in [0.2, 0.25) is 0 Å². The Morgan fingerprint density at radius 1 is 1.44 bits per heavy atom. The van der Waals surface area contributed by atoms with Gasteiger partial charge >= 0.3 is 0 Å². The van der Waals surface area contributed by atoms with E-state index in [1.165, 1.54) is 6.42 Å². The van der Waals surface area contributed by atoms with E-state index in [9.17, 15) is 10.1 Å².